The minimum atomic E-state index is -0.344. The molecule has 0 spiro atoms. The predicted molar refractivity (Wildman–Crippen MR) is 99.5 cm³/mol. The van der Waals surface area contributed by atoms with E-state index < -0.39 is 0 Å². The van der Waals surface area contributed by atoms with Crippen molar-refractivity contribution in [3.63, 3.8) is 0 Å². The number of hydrogen-bond donors (Lipinski definition) is 1. The molecule has 1 amide bonds. The molecule has 0 saturated heterocycles. The van der Waals surface area contributed by atoms with Crippen LogP contribution in [0, 0.1) is 0 Å². The van der Waals surface area contributed by atoms with Gasteiger partial charge in [-0.15, -0.1) is 10.2 Å². The number of fused-ring (bicyclic) bond motifs is 1. The maximum atomic E-state index is 11.3. The summed E-state index contributed by atoms with van der Waals surface area (Å²) in [6.45, 7) is 0.440. The summed E-state index contributed by atoms with van der Waals surface area (Å²) in [5.41, 5.74) is 8.13. The Balaban J connectivity index is 1.65. The summed E-state index contributed by atoms with van der Waals surface area (Å²) in [4.78, 5) is 11.3. The highest BCUT2D eigenvalue weighted by molar-refractivity contribution is 7.99. The number of thioether (sulfide) groups is 1. The number of hydrogen-bond acceptors (Lipinski definition) is 5. The molecule has 134 valence electrons. The molecule has 1 aliphatic carbocycles. The molecular formula is C19H20N4O2S. The Morgan fingerprint density at radius 2 is 2.15 bits per heavy atom. The summed E-state index contributed by atoms with van der Waals surface area (Å²) < 4.78 is 7.41. The Morgan fingerprint density at radius 3 is 2.96 bits per heavy atom. The first-order chi connectivity index (χ1) is 12.7. The number of carbonyl (C=O) groups excluding carboxylic acids is 1. The average Bonchev–Trinajstić information content (AvgIpc) is 3.30. The highest BCUT2D eigenvalue weighted by Gasteiger charge is 2.25. The molecule has 26 heavy (non-hydrogen) atoms. The van der Waals surface area contributed by atoms with E-state index >= 15 is 0 Å². The molecule has 3 aromatic rings. The molecule has 1 aromatic carbocycles. The quantitative estimate of drug-likeness (QED) is 0.718. The molecule has 2 N–H and O–H groups in total. The van der Waals surface area contributed by atoms with Gasteiger partial charge in [-0.2, -0.15) is 0 Å². The molecule has 6 nitrogen and oxygen atoms in total. The van der Waals surface area contributed by atoms with Gasteiger partial charge in [-0.3, -0.25) is 9.36 Å². The number of benzene rings is 1. The Labute approximate surface area is 155 Å². The first-order valence-electron chi connectivity index (χ1n) is 8.72. The highest BCUT2D eigenvalue weighted by Crippen LogP contribution is 2.43. The molecule has 0 aliphatic heterocycles. The van der Waals surface area contributed by atoms with E-state index in [-0.39, 0.29) is 12.3 Å². The van der Waals surface area contributed by atoms with Gasteiger partial charge in [0.2, 0.25) is 5.91 Å². The van der Waals surface area contributed by atoms with E-state index in [1.807, 2.05) is 16.7 Å². The summed E-state index contributed by atoms with van der Waals surface area (Å²) in [6.07, 6.45) is 5.22. The Kier molecular flexibility index (Phi) is 4.79. The Bertz CT molecular complexity index is 904. The van der Waals surface area contributed by atoms with Gasteiger partial charge in [0.15, 0.2) is 16.7 Å². The molecule has 0 saturated carbocycles. The van der Waals surface area contributed by atoms with Crippen molar-refractivity contribution in [1.29, 1.82) is 0 Å². The molecule has 2 heterocycles. The van der Waals surface area contributed by atoms with Gasteiger partial charge in [0.25, 0.3) is 0 Å². The highest BCUT2D eigenvalue weighted by atomic mass is 32.2. The summed E-state index contributed by atoms with van der Waals surface area (Å²) in [5.74, 6) is 0.920. The van der Waals surface area contributed by atoms with Gasteiger partial charge < -0.3 is 10.2 Å². The zero-order chi connectivity index (χ0) is 17.9. The summed E-state index contributed by atoms with van der Waals surface area (Å²) in [6, 6.07) is 12.2. The standard InChI is InChI=1S/C19H20N4O2S/c20-17(24)10-11-23-18(15-8-4-12-25-15)21-22-19(23)26-16-9-3-6-13-5-1-2-7-14(13)16/h1-2,4-5,7-8,12,16H,3,6,9-11H2,(H2,20,24)/t16-/m0/s1. The van der Waals surface area contributed by atoms with Gasteiger partial charge in [-0.05, 0) is 42.5 Å². The number of rotatable bonds is 6. The minimum Gasteiger partial charge on any atom is -0.461 e. The summed E-state index contributed by atoms with van der Waals surface area (Å²) >= 11 is 1.70. The van der Waals surface area contributed by atoms with E-state index in [1.54, 1.807) is 18.0 Å². The van der Waals surface area contributed by atoms with Crippen LogP contribution in [0.15, 0.2) is 52.2 Å². The number of aromatic nitrogens is 3. The number of furan rings is 1. The lowest BCUT2D eigenvalue weighted by Gasteiger charge is -2.24. The van der Waals surface area contributed by atoms with Gasteiger partial charge in [-0.1, -0.05) is 36.0 Å². The summed E-state index contributed by atoms with van der Waals surface area (Å²) in [5, 5.41) is 9.81. The Hall–Kier alpha value is -2.54. The third-order valence-corrected chi connectivity index (χ3v) is 5.89. The van der Waals surface area contributed by atoms with Crippen LogP contribution in [0.25, 0.3) is 11.6 Å². The lowest BCUT2D eigenvalue weighted by molar-refractivity contribution is -0.118. The van der Waals surface area contributed by atoms with E-state index in [2.05, 4.69) is 34.5 Å². The van der Waals surface area contributed by atoms with E-state index in [0.29, 0.717) is 23.4 Å². The molecule has 0 unspecified atom stereocenters. The topological polar surface area (TPSA) is 86.9 Å². The van der Waals surface area contributed by atoms with Crippen molar-refractivity contribution < 1.29 is 9.21 Å². The predicted octanol–water partition coefficient (Wildman–Crippen LogP) is 3.58. The second kappa shape index (κ2) is 7.37. The fourth-order valence-electron chi connectivity index (χ4n) is 3.35. The number of aryl methyl sites for hydroxylation is 1. The van der Waals surface area contributed by atoms with Gasteiger partial charge in [-0.25, -0.2) is 0 Å². The monoisotopic (exact) mass is 368 g/mol. The van der Waals surface area contributed by atoms with Gasteiger partial charge in [0, 0.05) is 18.2 Å². The lowest BCUT2D eigenvalue weighted by Crippen LogP contribution is -2.15. The van der Waals surface area contributed by atoms with Crippen LogP contribution in [-0.2, 0) is 17.8 Å². The normalized spacial score (nSPS) is 16.4. The van der Waals surface area contributed by atoms with Gasteiger partial charge in [0.05, 0.1) is 6.26 Å². The molecule has 0 radical (unpaired) electrons. The molecule has 0 fully saturated rings. The van der Waals surface area contributed by atoms with Crippen LogP contribution in [0.4, 0.5) is 0 Å². The number of primary amides is 1. The lowest BCUT2D eigenvalue weighted by atomic mass is 9.91. The van der Waals surface area contributed by atoms with Crippen LogP contribution in [0.1, 0.15) is 35.6 Å². The zero-order valence-electron chi connectivity index (χ0n) is 14.3. The van der Waals surface area contributed by atoms with Gasteiger partial charge >= 0.3 is 0 Å². The number of nitrogens with two attached hydrogens (primary N) is 1. The second-order valence-corrected chi connectivity index (χ2v) is 7.52. The largest absolute Gasteiger partial charge is 0.461 e. The van der Waals surface area contributed by atoms with Crippen LogP contribution in [0.3, 0.4) is 0 Å². The van der Waals surface area contributed by atoms with E-state index in [9.17, 15) is 4.79 Å². The van der Waals surface area contributed by atoms with Crippen molar-refractivity contribution in [3.8, 4) is 11.6 Å². The van der Waals surface area contributed by atoms with Crippen LogP contribution < -0.4 is 5.73 Å². The first kappa shape index (κ1) is 16.9. The average molecular weight is 368 g/mol. The van der Waals surface area contributed by atoms with Gasteiger partial charge in [0.1, 0.15) is 0 Å². The van der Waals surface area contributed by atoms with Crippen molar-refractivity contribution in [2.75, 3.05) is 0 Å². The molecule has 7 heteroatoms. The molecule has 0 bridgehead atoms. The minimum absolute atomic E-state index is 0.237. The van der Waals surface area contributed by atoms with Crippen LogP contribution in [0.2, 0.25) is 0 Å². The molecule has 1 atom stereocenters. The maximum absolute atomic E-state index is 11.3. The van der Waals surface area contributed by atoms with Crippen molar-refractivity contribution in [3.05, 3.63) is 53.8 Å². The van der Waals surface area contributed by atoms with Crippen molar-refractivity contribution in [2.45, 2.75) is 42.6 Å². The fraction of sp³-hybridized carbons (Fsp3) is 0.316. The van der Waals surface area contributed by atoms with Crippen LogP contribution >= 0.6 is 11.8 Å². The van der Waals surface area contributed by atoms with E-state index in [0.717, 1.165) is 24.4 Å². The van der Waals surface area contributed by atoms with Crippen molar-refractivity contribution in [2.24, 2.45) is 5.73 Å². The van der Waals surface area contributed by atoms with E-state index in [4.69, 9.17) is 10.2 Å². The zero-order valence-corrected chi connectivity index (χ0v) is 15.1. The smallest absolute Gasteiger partial charge is 0.219 e. The number of nitrogens with zero attached hydrogens (tertiary/aromatic N) is 3. The maximum Gasteiger partial charge on any atom is 0.219 e. The third-order valence-electron chi connectivity index (χ3n) is 4.60. The van der Waals surface area contributed by atoms with Crippen LogP contribution in [-0.4, -0.2) is 20.7 Å². The molecule has 4 rings (SSSR count). The number of carbonyl (C=O) groups is 1. The van der Waals surface area contributed by atoms with Crippen molar-refractivity contribution in [1.82, 2.24) is 14.8 Å². The first-order valence-corrected chi connectivity index (χ1v) is 9.60. The van der Waals surface area contributed by atoms with Crippen LogP contribution in [0.5, 0.6) is 0 Å². The molecular weight excluding hydrogens is 348 g/mol. The van der Waals surface area contributed by atoms with E-state index in [1.165, 1.54) is 11.1 Å². The Morgan fingerprint density at radius 1 is 1.27 bits per heavy atom. The van der Waals surface area contributed by atoms with Crippen molar-refractivity contribution >= 4 is 17.7 Å². The SMILES string of the molecule is NC(=O)CCn1c(S[C@H]2CCCc3ccccc32)nnc1-c1ccco1. The summed E-state index contributed by atoms with van der Waals surface area (Å²) in [7, 11) is 0. The number of amides is 1. The molecule has 1 aliphatic rings. The second-order valence-electron chi connectivity index (χ2n) is 6.35. The third kappa shape index (κ3) is 3.39. The molecule has 2 aromatic heterocycles. The fourth-order valence-corrected chi connectivity index (χ4v) is 4.64.